The van der Waals surface area contributed by atoms with Gasteiger partial charge in [0.25, 0.3) is 0 Å². The van der Waals surface area contributed by atoms with E-state index >= 15 is 0 Å². The van der Waals surface area contributed by atoms with E-state index in [-0.39, 0.29) is 0 Å². The second-order valence-electron chi connectivity index (χ2n) is 9.68. The number of nitrogens with two attached hydrogens (primary N) is 1. The molecule has 192 valence electrons. The number of hydrogen-bond donors (Lipinski definition) is 1. The molecular weight excluding hydrogens is 514 g/mol. The number of rotatable bonds is 2. The van der Waals surface area contributed by atoms with E-state index < -0.39 is 0 Å². The fraction of sp³-hybridized carbons (Fsp3) is 0. The van der Waals surface area contributed by atoms with Gasteiger partial charge in [0, 0.05) is 32.3 Å². The van der Waals surface area contributed by atoms with E-state index in [2.05, 4.69) is 24.3 Å². The summed E-state index contributed by atoms with van der Waals surface area (Å²) < 4.78 is 11.8. The molecule has 0 aliphatic carbocycles. The molecule has 0 unspecified atom stereocenters. The standard InChI is InChI=1S/C18H11ClO.C18H13NO/c2*19-13-10-8-12(9-11-13)14-5-3-7-17-18(14)15-4-1-2-6-16(15)20-17/h1-11H;1-11H,19H2. The minimum atomic E-state index is 0.748. The van der Waals surface area contributed by atoms with E-state index in [1.165, 1.54) is 11.1 Å². The predicted molar refractivity (Wildman–Crippen MR) is 168 cm³/mol. The Hall–Kier alpha value is -4.99. The number of para-hydroxylation sites is 2. The third-order valence-corrected chi connectivity index (χ3v) is 7.43. The van der Waals surface area contributed by atoms with Crippen molar-refractivity contribution in [3.8, 4) is 22.3 Å². The molecule has 2 N–H and O–H groups in total. The van der Waals surface area contributed by atoms with Crippen LogP contribution in [0.25, 0.3) is 66.1 Å². The van der Waals surface area contributed by atoms with Crippen molar-refractivity contribution in [3.63, 3.8) is 0 Å². The topological polar surface area (TPSA) is 52.3 Å². The molecule has 0 aliphatic heterocycles. The molecule has 0 bridgehead atoms. The van der Waals surface area contributed by atoms with Crippen LogP contribution in [0.5, 0.6) is 0 Å². The molecule has 0 fully saturated rings. The molecule has 0 saturated carbocycles. The van der Waals surface area contributed by atoms with Crippen LogP contribution in [0.4, 0.5) is 5.69 Å². The van der Waals surface area contributed by atoms with Crippen LogP contribution >= 0.6 is 11.6 Å². The highest BCUT2D eigenvalue weighted by Gasteiger charge is 2.12. The summed E-state index contributed by atoms with van der Waals surface area (Å²) in [5.74, 6) is 0. The van der Waals surface area contributed by atoms with Crippen LogP contribution in [0.15, 0.2) is 142 Å². The molecule has 6 aromatic carbocycles. The average molecular weight is 538 g/mol. The van der Waals surface area contributed by atoms with Crippen LogP contribution in [0.3, 0.4) is 0 Å². The van der Waals surface area contributed by atoms with Gasteiger partial charge in [-0.2, -0.15) is 0 Å². The van der Waals surface area contributed by atoms with Crippen LogP contribution in [-0.4, -0.2) is 0 Å². The summed E-state index contributed by atoms with van der Waals surface area (Å²) >= 11 is 5.97. The molecular formula is C36H24ClNO2. The number of halogens is 1. The monoisotopic (exact) mass is 537 g/mol. The van der Waals surface area contributed by atoms with Gasteiger partial charge in [-0.25, -0.2) is 0 Å². The van der Waals surface area contributed by atoms with Crippen molar-refractivity contribution in [2.24, 2.45) is 0 Å². The summed E-state index contributed by atoms with van der Waals surface area (Å²) in [6.45, 7) is 0. The van der Waals surface area contributed by atoms with Crippen LogP contribution in [0, 0.1) is 0 Å². The van der Waals surface area contributed by atoms with Crippen molar-refractivity contribution in [3.05, 3.63) is 138 Å². The fourth-order valence-electron chi connectivity index (χ4n) is 5.32. The van der Waals surface area contributed by atoms with E-state index in [0.717, 1.165) is 65.7 Å². The predicted octanol–water partition coefficient (Wildman–Crippen LogP) is 10.7. The van der Waals surface area contributed by atoms with E-state index in [1.54, 1.807) is 0 Å². The van der Waals surface area contributed by atoms with Gasteiger partial charge in [-0.05, 0) is 70.8 Å². The first-order valence-corrected chi connectivity index (χ1v) is 13.5. The molecule has 8 rings (SSSR count). The summed E-state index contributed by atoms with van der Waals surface area (Å²) in [6, 6.07) is 44.4. The number of benzene rings is 6. The minimum Gasteiger partial charge on any atom is -0.456 e. The van der Waals surface area contributed by atoms with Gasteiger partial charge in [0.2, 0.25) is 0 Å². The molecule has 0 spiro atoms. The van der Waals surface area contributed by atoms with Crippen LogP contribution in [-0.2, 0) is 0 Å². The van der Waals surface area contributed by atoms with E-state index in [4.69, 9.17) is 26.2 Å². The normalized spacial score (nSPS) is 11.2. The molecule has 0 amide bonds. The van der Waals surface area contributed by atoms with E-state index in [9.17, 15) is 0 Å². The van der Waals surface area contributed by atoms with Crippen molar-refractivity contribution >= 4 is 61.2 Å². The van der Waals surface area contributed by atoms with Crippen molar-refractivity contribution in [2.45, 2.75) is 0 Å². The summed E-state index contributed by atoms with van der Waals surface area (Å²) in [4.78, 5) is 0. The van der Waals surface area contributed by atoms with Gasteiger partial charge in [0.15, 0.2) is 0 Å². The Morgan fingerprint density at radius 3 is 1.35 bits per heavy atom. The molecule has 4 heteroatoms. The van der Waals surface area contributed by atoms with Crippen LogP contribution in [0.1, 0.15) is 0 Å². The Labute approximate surface area is 236 Å². The van der Waals surface area contributed by atoms with E-state index in [0.29, 0.717) is 0 Å². The number of fused-ring (bicyclic) bond motifs is 6. The van der Waals surface area contributed by atoms with Gasteiger partial charge in [-0.15, -0.1) is 0 Å². The van der Waals surface area contributed by atoms with Gasteiger partial charge >= 0.3 is 0 Å². The summed E-state index contributed by atoms with van der Waals surface area (Å²) in [7, 11) is 0. The lowest BCUT2D eigenvalue weighted by molar-refractivity contribution is 0.668. The Bertz CT molecular complexity index is 1960. The summed E-state index contributed by atoms with van der Waals surface area (Å²) in [5, 5.41) is 5.36. The van der Waals surface area contributed by atoms with Crippen molar-refractivity contribution in [1.29, 1.82) is 0 Å². The number of hydrogen-bond acceptors (Lipinski definition) is 3. The number of nitrogen functional groups attached to an aromatic ring is 1. The third-order valence-electron chi connectivity index (χ3n) is 7.18. The average Bonchev–Trinajstić information content (AvgIpc) is 3.57. The molecule has 3 nitrogen and oxygen atoms in total. The molecule has 8 aromatic rings. The fourth-order valence-corrected chi connectivity index (χ4v) is 5.45. The van der Waals surface area contributed by atoms with Crippen LogP contribution < -0.4 is 5.73 Å². The highest BCUT2D eigenvalue weighted by atomic mass is 35.5. The lowest BCUT2D eigenvalue weighted by atomic mass is 9.99. The zero-order chi connectivity index (χ0) is 27.1. The lowest BCUT2D eigenvalue weighted by Gasteiger charge is -2.04. The number of anilines is 1. The van der Waals surface area contributed by atoms with Gasteiger partial charge in [0.1, 0.15) is 22.3 Å². The van der Waals surface area contributed by atoms with Gasteiger partial charge in [0.05, 0.1) is 0 Å². The van der Waals surface area contributed by atoms with Crippen molar-refractivity contribution in [1.82, 2.24) is 0 Å². The quantitative estimate of drug-likeness (QED) is 0.223. The molecule has 40 heavy (non-hydrogen) atoms. The Morgan fingerprint density at radius 1 is 0.425 bits per heavy atom. The van der Waals surface area contributed by atoms with Crippen LogP contribution in [0.2, 0.25) is 5.02 Å². The third kappa shape index (κ3) is 4.27. The van der Waals surface area contributed by atoms with Gasteiger partial charge in [-0.3, -0.25) is 0 Å². The maximum Gasteiger partial charge on any atom is 0.136 e. The first-order valence-electron chi connectivity index (χ1n) is 13.1. The van der Waals surface area contributed by atoms with Crippen molar-refractivity contribution in [2.75, 3.05) is 5.73 Å². The second kappa shape index (κ2) is 9.96. The maximum absolute atomic E-state index is 5.97. The molecule has 0 saturated heterocycles. The highest BCUT2D eigenvalue weighted by molar-refractivity contribution is 6.30. The van der Waals surface area contributed by atoms with Gasteiger partial charge < -0.3 is 14.6 Å². The van der Waals surface area contributed by atoms with Crippen molar-refractivity contribution < 1.29 is 8.83 Å². The first kappa shape index (κ1) is 24.1. The molecule has 0 aliphatic rings. The summed E-state index contributed by atoms with van der Waals surface area (Å²) in [6.07, 6.45) is 0. The molecule has 2 aromatic heterocycles. The lowest BCUT2D eigenvalue weighted by Crippen LogP contribution is -1.84. The molecule has 2 heterocycles. The minimum absolute atomic E-state index is 0.748. The van der Waals surface area contributed by atoms with E-state index in [1.807, 2.05) is 109 Å². The second-order valence-corrected chi connectivity index (χ2v) is 10.1. The first-order chi connectivity index (χ1) is 19.7. The molecule has 0 atom stereocenters. The Morgan fingerprint density at radius 2 is 0.850 bits per heavy atom. The summed E-state index contributed by atoms with van der Waals surface area (Å²) in [5.41, 5.74) is 14.9. The Balaban J connectivity index is 0.000000132. The SMILES string of the molecule is Clc1ccc(-c2cccc3oc4ccccc4c23)cc1.Nc1ccc(-c2cccc3oc4ccccc4c23)cc1. The zero-order valence-electron chi connectivity index (χ0n) is 21.5. The zero-order valence-corrected chi connectivity index (χ0v) is 22.2. The molecule has 0 radical (unpaired) electrons. The largest absolute Gasteiger partial charge is 0.456 e. The van der Waals surface area contributed by atoms with Gasteiger partial charge in [-0.1, -0.05) is 96.5 Å². The Kier molecular flexibility index (Phi) is 5.99. The highest BCUT2D eigenvalue weighted by Crippen LogP contribution is 2.38. The number of furan rings is 2. The maximum atomic E-state index is 5.97. The smallest absolute Gasteiger partial charge is 0.136 e.